The van der Waals surface area contributed by atoms with Crippen molar-refractivity contribution in [3.8, 4) is 11.6 Å². The normalized spacial score (nSPS) is 17.4. The predicted octanol–water partition coefficient (Wildman–Crippen LogP) is 5.40. The molecule has 0 radical (unpaired) electrons. The number of benzene rings is 1. The molecule has 0 amide bonds. The van der Waals surface area contributed by atoms with Crippen LogP contribution in [0.4, 0.5) is 14.7 Å². The van der Waals surface area contributed by atoms with Crippen molar-refractivity contribution in [2.75, 3.05) is 24.5 Å². The van der Waals surface area contributed by atoms with E-state index in [1.165, 1.54) is 17.0 Å². The Labute approximate surface area is 190 Å². The van der Waals surface area contributed by atoms with E-state index in [0.717, 1.165) is 62.8 Å². The van der Waals surface area contributed by atoms with E-state index in [2.05, 4.69) is 34.2 Å². The molecule has 0 bridgehead atoms. The fraction of sp³-hybridized carbons (Fsp3) is 0.417. The zero-order chi connectivity index (χ0) is 22.1. The fourth-order valence-corrected chi connectivity index (χ4v) is 5.03. The molecule has 0 N–H and O–H groups in total. The number of aromatic nitrogens is 2. The molecular formula is C24H26F2N4OS. The molecule has 0 unspecified atom stereocenters. The standard InChI is InChI=1S/C24H26F2N4OS/c1-16-6-10-30(11-7-16)24-27-21-8-9-29(14-18-3-2-12-32-18)15-19(21)23(28-24)31-22-5-4-17(25)13-20(22)26/h2-5,12-13,16H,6-11,14-15H2,1H3. The SMILES string of the molecule is CC1CCN(c2nc3c(c(Oc4ccc(F)cc4F)n2)CN(Cc2cccs2)CC3)CC1. The van der Waals surface area contributed by atoms with Crippen LogP contribution < -0.4 is 9.64 Å². The maximum Gasteiger partial charge on any atom is 0.229 e. The number of hydrogen-bond donors (Lipinski definition) is 0. The zero-order valence-electron chi connectivity index (χ0n) is 18.1. The van der Waals surface area contributed by atoms with Crippen molar-refractivity contribution < 1.29 is 13.5 Å². The van der Waals surface area contributed by atoms with Crippen LogP contribution in [0.5, 0.6) is 11.6 Å². The molecule has 2 aliphatic rings. The van der Waals surface area contributed by atoms with Gasteiger partial charge in [0, 0.05) is 50.1 Å². The van der Waals surface area contributed by atoms with Crippen LogP contribution >= 0.6 is 11.3 Å². The summed E-state index contributed by atoms with van der Waals surface area (Å²) in [5.41, 5.74) is 1.83. The Morgan fingerprint density at radius 1 is 1.12 bits per heavy atom. The molecule has 5 rings (SSSR count). The molecule has 168 valence electrons. The minimum absolute atomic E-state index is 0.0269. The lowest BCUT2D eigenvalue weighted by molar-refractivity contribution is 0.239. The van der Waals surface area contributed by atoms with E-state index in [0.29, 0.717) is 24.3 Å². The number of piperidine rings is 1. The third kappa shape index (κ3) is 4.61. The lowest BCUT2D eigenvalue weighted by Crippen LogP contribution is -2.36. The van der Waals surface area contributed by atoms with Crippen molar-refractivity contribution in [1.82, 2.24) is 14.9 Å². The molecule has 8 heteroatoms. The van der Waals surface area contributed by atoms with Gasteiger partial charge in [0.05, 0.1) is 11.3 Å². The van der Waals surface area contributed by atoms with Crippen LogP contribution in [0.1, 0.15) is 35.9 Å². The van der Waals surface area contributed by atoms with E-state index in [-0.39, 0.29) is 5.75 Å². The fourth-order valence-electron chi connectivity index (χ4n) is 4.28. The van der Waals surface area contributed by atoms with E-state index in [4.69, 9.17) is 14.7 Å². The summed E-state index contributed by atoms with van der Waals surface area (Å²) in [6.07, 6.45) is 2.97. The number of ether oxygens (including phenoxy) is 1. The van der Waals surface area contributed by atoms with Gasteiger partial charge in [-0.15, -0.1) is 11.3 Å². The Kier molecular flexibility index (Phi) is 6.06. The number of anilines is 1. The van der Waals surface area contributed by atoms with E-state index in [1.807, 2.05) is 0 Å². The summed E-state index contributed by atoms with van der Waals surface area (Å²) in [4.78, 5) is 15.4. The van der Waals surface area contributed by atoms with Gasteiger partial charge in [-0.05, 0) is 42.3 Å². The summed E-state index contributed by atoms with van der Waals surface area (Å²) in [5.74, 6) is 0.297. The third-order valence-corrected chi connectivity index (χ3v) is 7.08. The maximum absolute atomic E-state index is 14.4. The molecule has 0 atom stereocenters. The highest BCUT2D eigenvalue weighted by atomic mass is 32.1. The first-order chi connectivity index (χ1) is 15.5. The van der Waals surface area contributed by atoms with Gasteiger partial charge < -0.3 is 9.64 Å². The molecule has 2 aliphatic heterocycles. The molecule has 1 aromatic carbocycles. The van der Waals surface area contributed by atoms with Crippen molar-refractivity contribution in [2.24, 2.45) is 5.92 Å². The summed E-state index contributed by atoms with van der Waals surface area (Å²) in [5, 5.41) is 2.08. The molecule has 0 saturated carbocycles. The zero-order valence-corrected chi connectivity index (χ0v) is 18.9. The van der Waals surface area contributed by atoms with Crippen LogP contribution in [0.3, 0.4) is 0 Å². The van der Waals surface area contributed by atoms with Gasteiger partial charge in [0.25, 0.3) is 0 Å². The second kappa shape index (κ2) is 9.11. The Morgan fingerprint density at radius 3 is 2.72 bits per heavy atom. The van der Waals surface area contributed by atoms with E-state index in [1.54, 1.807) is 11.3 Å². The van der Waals surface area contributed by atoms with Gasteiger partial charge in [0.1, 0.15) is 5.82 Å². The average Bonchev–Trinajstić information content (AvgIpc) is 3.29. The number of nitrogens with zero attached hydrogens (tertiary/aromatic N) is 4. The third-order valence-electron chi connectivity index (χ3n) is 6.22. The molecular weight excluding hydrogens is 430 g/mol. The second-order valence-electron chi connectivity index (χ2n) is 8.64. The highest BCUT2D eigenvalue weighted by Gasteiger charge is 2.27. The van der Waals surface area contributed by atoms with Crippen LogP contribution in [-0.2, 0) is 19.5 Å². The van der Waals surface area contributed by atoms with Crippen LogP contribution in [0, 0.1) is 17.6 Å². The highest BCUT2D eigenvalue weighted by molar-refractivity contribution is 7.09. The van der Waals surface area contributed by atoms with Crippen molar-refractivity contribution in [3.63, 3.8) is 0 Å². The first-order valence-electron chi connectivity index (χ1n) is 11.1. The molecule has 0 aliphatic carbocycles. The quantitative estimate of drug-likeness (QED) is 0.514. The smallest absolute Gasteiger partial charge is 0.229 e. The Bertz CT molecular complexity index is 1080. The Balaban J connectivity index is 1.47. The monoisotopic (exact) mass is 456 g/mol. The molecule has 32 heavy (non-hydrogen) atoms. The Morgan fingerprint density at radius 2 is 1.97 bits per heavy atom. The van der Waals surface area contributed by atoms with Crippen LogP contribution in [0.25, 0.3) is 0 Å². The largest absolute Gasteiger partial charge is 0.435 e. The molecule has 4 heterocycles. The van der Waals surface area contributed by atoms with Gasteiger partial charge in [0.15, 0.2) is 11.6 Å². The number of halogens is 2. The average molecular weight is 457 g/mol. The van der Waals surface area contributed by atoms with E-state index < -0.39 is 11.6 Å². The van der Waals surface area contributed by atoms with Gasteiger partial charge in [-0.25, -0.2) is 13.8 Å². The molecule has 2 aromatic heterocycles. The first kappa shape index (κ1) is 21.3. The summed E-state index contributed by atoms with van der Waals surface area (Å²) >= 11 is 1.73. The Hall–Kier alpha value is -2.58. The van der Waals surface area contributed by atoms with Gasteiger partial charge >= 0.3 is 0 Å². The molecule has 3 aromatic rings. The molecule has 1 fully saturated rings. The van der Waals surface area contributed by atoms with Crippen molar-refractivity contribution >= 4 is 17.3 Å². The van der Waals surface area contributed by atoms with Crippen LogP contribution in [0.15, 0.2) is 35.7 Å². The summed E-state index contributed by atoms with van der Waals surface area (Å²) < 4.78 is 33.7. The summed E-state index contributed by atoms with van der Waals surface area (Å²) in [7, 11) is 0. The van der Waals surface area contributed by atoms with Crippen molar-refractivity contribution in [3.05, 3.63) is 63.5 Å². The van der Waals surface area contributed by atoms with Gasteiger partial charge in [-0.2, -0.15) is 4.98 Å². The minimum Gasteiger partial charge on any atom is -0.435 e. The van der Waals surface area contributed by atoms with Gasteiger partial charge in [0.2, 0.25) is 11.8 Å². The maximum atomic E-state index is 14.4. The van der Waals surface area contributed by atoms with E-state index >= 15 is 0 Å². The minimum atomic E-state index is -0.739. The van der Waals surface area contributed by atoms with E-state index in [9.17, 15) is 8.78 Å². The number of rotatable bonds is 5. The lowest BCUT2D eigenvalue weighted by Gasteiger charge is -2.33. The topological polar surface area (TPSA) is 41.5 Å². The van der Waals surface area contributed by atoms with Gasteiger partial charge in [-0.1, -0.05) is 13.0 Å². The number of hydrogen-bond acceptors (Lipinski definition) is 6. The van der Waals surface area contributed by atoms with Crippen LogP contribution in [-0.4, -0.2) is 34.5 Å². The van der Waals surface area contributed by atoms with Crippen molar-refractivity contribution in [2.45, 2.75) is 39.3 Å². The highest BCUT2D eigenvalue weighted by Crippen LogP contribution is 2.34. The first-order valence-corrected chi connectivity index (χ1v) is 12.0. The summed E-state index contributed by atoms with van der Waals surface area (Å²) in [6, 6.07) is 7.52. The van der Waals surface area contributed by atoms with Gasteiger partial charge in [-0.3, -0.25) is 4.90 Å². The van der Waals surface area contributed by atoms with Crippen LogP contribution in [0.2, 0.25) is 0 Å². The molecule has 5 nitrogen and oxygen atoms in total. The summed E-state index contributed by atoms with van der Waals surface area (Å²) in [6.45, 7) is 6.42. The predicted molar refractivity (Wildman–Crippen MR) is 121 cm³/mol. The second-order valence-corrected chi connectivity index (χ2v) is 9.67. The molecule has 0 spiro atoms. The lowest BCUT2D eigenvalue weighted by atomic mass is 9.99. The van der Waals surface area contributed by atoms with Crippen molar-refractivity contribution in [1.29, 1.82) is 0 Å². The number of thiophene rings is 1. The number of fused-ring (bicyclic) bond motifs is 1. The molecule has 1 saturated heterocycles.